The molecule has 0 saturated carbocycles. The third kappa shape index (κ3) is 2.14. The van der Waals surface area contributed by atoms with Crippen molar-refractivity contribution in [2.75, 3.05) is 6.54 Å². The van der Waals surface area contributed by atoms with Gasteiger partial charge in [0.15, 0.2) is 0 Å². The van der Waals surface area contributed by atoms with Gasteiger partial charge in [-0.15, -0.1) is 0 Å². The first-order valence-corrected chi connectivity index (χ1v) is 6.35. The van der Waals surface area contributed by atoms with Crippen LogP contribution < -0.4 is 5.32 Å². The number of imidazole rings is 1. The maximum Gasteiger partial charge on any atom is 0.108 e. The van der Waals surface area contributed by atoms with Crippen molar-refractivity contribution in [2.45, 2.75) is 45.1 Å². The van der Waals surface area contributed by atoms with Crippen molar-refractivity contribution >= 4 is 0 Å². The summed E-state index contributed by atoms with van der Waals surface area (Å²) in [6.07, 6.45) is 8.83. The molecule has 0 amide bonds. The van der Waals surface area contributed by atoms with Gasteiger partial charge < -0.3 is 9.88 Å². The van der Waals surface area contributed by atoms with E-state index in [0.29, 0.717) is 11.5 Å². The van der Waals surface area contributed by atoms with Crippen molar-refractivity contribution in [2.24, 2.45) is 13.0 Å². The number of aromatic nitrogens is 2. The minimum atomic E-state index is 0.353. The van der Waals surface area contributed by atoms with Crippen LogP contribution in [0.3, 0.4) is 0 Å². The van der Waals surface area contributed by atoms with Gasteiger partial charge in [0, 0.05) is 31.4 Å². The molecule has 0 radical (unpaired) electrons. The zero-order valence-corrected chi connectivity index (χ0v) is 10.7. The van der Waals surface area contributed by atoms with Crippen LogP contribution in [0.5, 0.6) is 0 Å². The third-order valence-corrected chi connectivity index (χ3v) is 4.10. The lowest BCUT2D eigenvalue weighted by molar-refractivity contribution is 0.250. The number of rotatable bonds is 4. The van der Waals surface area contributed by atoms with Crippen LogP contribution in [0.2, 0.25) is 0 Å². The first kappa shape index (κ1) is 11.6. The first-order valence-electron chi connectivity index (χ1n) is 6.35. The highest BCUT2D eigenvalue weighted by atomic mass is 15.0. The van der Waals surface area contributed by atoms with Gasteiger partial charge in [-0.1, -0.05) is 13.8 Å². The Morgan fingerprint density at radius 3 is 2.88 bits per heavy atom. The highest BCUT2D eigenvalue weighted by molar-refractivity contribution is 5.00. The van der Waals surface area contributed by atoms with Crippen molar-refractivity contribution in [1.29, 1.82) is 0 Å². The lowest BCUT2D eigenvalue weighted by atomic mass is 9.81. The zero-order chi connectivity index (χ0) is 11.6. The Kier molecular flexibility index (Phi) is 3.33. The van der Waals surface area contributed by atoms with E-state index in [-0.39, 0.29) is 0 Å². The van der Waals surface area contributed by atoms with Gasteiger partial charge in [-0.3, -0.25) is 0 Å². The Morgan fingerprint density at radius 1 is 1.56 bits per heavy atom. The van der Waals surface area contributed by atoms with E-state index in [0.717, 1.165) is 6.42 Å². The highest BCUT2D eigenvalue weighted by Crippen LogP contribution is 2.31. The monoisotopic (exact) mass is 221 g/mol. The van der Waals surface area contributed by atoms with Gasteiger partial charge in [-0.05, 0) is 31.7 Å². The van der Waals surface area contributed by atoms with E-state index in [1.165, 1.54) is 31.6 Å². The third-order valence-electron chi connectivity index (χ3n) is 4.10. The van der Waals surface area contributed by atoms with Crippen LogP contribution in [0, 0.1) is 5.92 Å². The van der Waals surface area contributed by atoms with E-state index in [1.54, 1.807) is 0 Å². The summed E-state index contributed by atoms with van der Waals surface area (Å²) >= 11 is 0. The normalized spacial score (nSPS) is 25.5. The van der Waals surface area contributed by atoms with E-state index in [9.17, 15) is 0 Å². The minimum Gasteiger partial charge on any atom is -0.338 e. The number of nitrogens with one attached hydrogen (secondary N) is 1. The molecular formula is C13H23N3. The summed E-state index contributed by atoms with van der Waals surface area (Å²) in [5.41, 5.74) is 0.353. The van der Waals surface area contributed by atoms with Crippen LogP contribution in [-0.4, -0.2) is 21.6 Å². The highest BCUT2D eigenvalue weighted by Gasteiger charge is 2.36. The second-order valence-corrected chi connectivity index (χ2v) is 5.30. The number of hydrogen-bond acceptors (Lipinski definition) is 2. The van der Waals surface area contributed by atoms with Crippen molar-refractivity contribution in [3.8, 4) is 0 Å². The molecule has 0 aliphatic carbocycles. The maximum absolute atomic E-state index is 4.40. The Labute approximate surface area is 98.3 Å². The molecule has 1 unspecified atom stereocenters. The van der Waals surface area contributed by atoms with E-state index < -0.39 is 0 Å². The fourth-order valence-corrected chi connectivity index (χ4v) is 2.80. The molecule has 0 bridgehead atoms. The van der Waals surface area contributed by atoms with Crippen molar-refractivity contribution in [3.63, 3.8) is 0 Å². The lowest BCUT2D eigenvalue weighted by Crippen LogP contribution is -2.45. The van der Waals surface area contributed by atoms with Crippen molar-refractivity contribution in [3.05, 3.63) is 18.2 Å². The van der Waals surface area contributed by atoms with Gasteiger partial charge in [-0.2, -0.15) is 0 Å². The van der Waals surface area contributed by atoms with Crippen LogP contribution >= 0.6 is 0 Å². The molecule has 1 aliphatic rings. The predicted molar refractivity (Wildman–Crippen MR) is 66.3 cm³/mol. The molecule has 1 aromatic heterocycles. The minimum absolute atomic E-state index is 0.353. The van der Waals surface area contributed by atoms with E-state index in [1.807, 2.05) is 12.4 Å². The van der Waals surface area contributed by atoms with Crippen LogP contribution in [0.4, 0.5) is 0 Å². The molecule has 1 saturated heterocycles. The van der Waals surface area contributed by atoms with E-state index in [2.05, 4.69) is 35.8 Å². The van der Waals surface area contributed by atoms with Crippen LogP contribution in [0.25, 0.3) is 0 Å². The van der Waals surface area contributed by atoms with Crippen LogP contribution in [0.1, 0.15) is 38.9 Å². The first-order chi connectivity index (χ1) is 7.64. The molecule has 1 fully saturated rings. The summed E-state index contributed by atoms with van der Waals surface area (Å²) in [4.78, 5) is 4.40. The van der Waals surface area contributed by atoms with Gasteiger partial charge in [0.05, 0.1) is 0 Å². The molecule has 3 heteroatoms. The van der Waals surface area contributed by atoms with Crippen molar-refractivity contribution < 1.29 is 0 Å². The van der Waals surface area contributed by atoms with E-state index in [4.69, 9.17) is 0 Å². The van der Waals surface area contributed by atoms with Crippen LogP contribution in [0.15, 0.2) is 12.4 Å². The van der Waals surface area contributed by atoms with Crippen molar-refractivity contribution in [1.82, 2.24) is 14.9 Å². The average Bonchev–Trinajstić information content (AvgIpc) is 2.84. The molecule has 2 rings (SSSR count). The number of nitrogens with zero attached hydrogens (tertiary/aromatic N) is 2. The zero-order valence-electron chi connectivity index (χ0n) is 10.7. The number of aryl methyl sites for hydroxylation is 2. The molecule has 1 aromatic rings. The van der Waals surface area contributed by atoms with Gasteiger partial charge in [0.25, 0.3) is 0 Å². The van der Waals surface area contributed by atoms with Gasteiger partial charge >= 0.3 is 0 Å². The van der Waals surface area contributed by atoms with Gasteiger partial charge in [0.2, 0.25) is 0 Å². The Balaban J connectivity index is 2.00. The summed E-state index contributed by atoms with van der Waals surface area (Å²) in [6.45, 7) is 5.84. The van der Waals surface area contributed by atoms with Crippen LogP contribution in [-0.2, 0) is 13.5 Å². The Hall–Kier alpha value is -0.830. The van der Waals surface area contributed by atoms with Gasteiger partial charge in [0.1, 0.15) is 5.82 Å². The topological polar surface area (TPSA) is 29.9 Å². The summed E-state index contributed by atoms with van der Waals surface area (Å²) in [5, 5.41) is 3.71. The molecule has 1 aliphatic heterocycles. The predicted octanol–water partition coefficient (Wildman–Crippen LogP) is 2.13. The fraction of sp³-hybridized carbons (Fsp3) is 0.769. The standard InChI is InChI=1S/C13H23N3/c1-11(2)13(6-4-8-15-13)7-5-12-14-9-10-16(12)3/h9-11,15H,4-8H2,1-3H3. The molecule has 1 atom stereocenters. The maximum atomic E-state index is 4.40. The average molecular weight is 221 g/mol. The SMILES string of the molecule is CC(C)C1(CCc2nccn2C)CCCN1. The molecule has 3 nitrogen and oxygen atoms in total. The quantitative estimate of drug-likeness (QED) is 0.844. The Bertz CT molecular complexity index is 335. The van der Waals surface area contributed by atoms with E-state index >= 15 is 0 Å². The second kappa shape index (κ2) is 4.58. The summed E-state index contributed by atoms with van der Waals surface area (Å²) < 4.78 is 2.13. The summed E-state index contributed by atoms with van der Waals surface area (Å²) in [5.74, 6) is 1.91. The molecule has 2 heterocycles. The summed E-state index contributed by atoms with van der Waals surface area (Å²) in [7, 11) is 2.08. The number of hydrogen-bond donors (Lipinski definition) is 1. The second-order valence-electron chi connectivity index (χ2n) is 5.30. The molecule has 0 aromatic carbocycles. The lowest BCUT2D eigenvalue weighted by Gasteiger charge is -2.34. The Morgan fingerprint density at radius 2 is 2.38 bits per heavy atom. The largest absolute Gasteiger partial charge is 0.338 e. The van der Waals surface area contributed by atoms with Gasteiger partial charge in [-0.25, -0.2) is 4.98 Å². The molecule has 1 N–H and O–H groups in total. The smallest absolute Gasteiger partial charge is 0.108 e. The molecular weight excluding hydrogens is 198 g/mol. The molecule has 0 spiro atoms. The summed E-state index contributed by atoms with van der Waals surface area (Å²) in [6, 6.07) is 0. The fourth-order valence-electron chi connectivity index (χ4n) is 2.80. The molecule has 90 valence electrons. The molecule has 16 heavy (non-hydrogen) atoms.